The summed E-state index contributed by atoms with van der Waals surface area (Å²) < 4.78 is 0. The quantitative estimate of drug-likeness (QED) is 0.915. The summed E-state index contributed by atoms with van der Waals surface area (Å²) in [4.78, 5) is 16.2. The summed E-state index contributed by atoms with van der Waals surface area (Å²) in [5.74, 6) is 0.327. The second-order valence-electron chi connectivity index (χ2n) is 5.80. The highest BCUT2D eigenvalue weighted by Gasteiger charge is 2.35. The first-order chi connectivity index (χ1) is 9.70. The van der Waals surface area contributed by atoms with Crippen molar-refractivity contribution >= 4 is 11.6 Å². The smallest absolute Gasteiger partial charge is 0.223 e. The molecule has 2 N–H and O–H groups in total. The third kappa shape index (κ3) is 2.29. The van der Waals surface area contributed by atoms with E-state index in [1.807, 2.05) is 0 Å². The normalized spacial score (nSPS) is 23.9. The predicted octanol–water partition coefficient (Wildman–Crippen LogP) is 1.91. The molecule has 2 heterocycles. The number of amides is 1. The zero-order valence-corrected chi connectivity index (χ0v) is 12.1. The summed E-state index contributed by atoms with van der Waals surface area (Å²) in [7, 11) is 0. The van der Waals surface area contributed by atoms with Gasteiger partial charge in [-0.25, -0.2) is 0 Å². The number of nitrogens with zero attached hydrogens (tertiary/aromatic N) is 2. The molecule has 108 valence electrons. The highest BCUT2D eigenvalue weighted by molar-refractivity contribution is 5.79. The van der Waals surface area contributed by atoms with Crippen molar-refractivity contribution in [1.29, 1.82) is 0 Å². The molecular formula is C16H23N3O. The fraction of sp³-hybridized carbons (Fsp3) is 0.562. The van der Waals surface area contributed by atoms with Gasteiger partial charge < -0.3 is 15.5 Å². The number of piperazine rings is 1. The zero-order chi connectivity index (χ0) is 14.1. The van der Waals surface area contributed by atoms with Crippen molar-refractivity contribution in [2.24, 2.45) is 5.73 Å². The minimum Gasteiger partial charge on any atom is -0.367 e. The molecule has 3 rings (SSSR count). The van der Waals surface area contributed by atoms with E-state index < -0.39 is 0 Å². The lowest BCUT2D eigenvalue weighted by molar-refractivity contribution is -0.129. The first-order valence-corrected chi connectivity index (χ1v) is 7.59. The first-order valence-electron chi connectivity index (χ1n) is 7.59. The Kier molecular flexibility index (Phi) is 3.66. The molecule has 1 unspecified atom stereocenters. The van der Waals surface area contributed by atoms with Crippen molar-refractivity contribution in [3.8, 4) is 0 Å². The largest absolute Gasteiger partial charge is 0.367 e. The van der Waals surface area contributed by atoms with Crippen LogP contribution >= 0.6 is 0 Å². The fourth-order valence-electron chi connectivity index (χ4n) is 3.39. The van der Waals surface area contributed by atoms with Gasteiger partial charge in [0.15, 0.2) is 0 Å². The molecule has 2 saturated heterocycles. The van der Waals surface area contributed by atoms with Crippen LogP contribution in [0, 0.1) is 0 Å². The van der Waals surface area contributed by atoms with E-state index >= 15 is 0 Å². The number of carbonyl (C=O) groups excluding carboxylic acids is 1. The number of benzene rings is 1. The van der Waals surface area contributed by atoms with Gasteiger partial charge in [0.2, 0.25) is 5.91 Å². The van der Waals surface area contributed by atoms with E-state index in [0.29, 0.717) is 18.4 Å². The highest BCUT2D eigenvalue weighted by atomic mass is 16.2. The number of rotatable bonds is 3. The molecule has 1 aromatic rings. The van der Waals surface area contributed by atoms with Crippen LogP contribution in [0.1, 0.15) is 37.8 Å². The predicted molar refractivity (Wildman–Crippen MR) is 80.6 cm³/mol. The second-order valence-corrected chi connectivity index (χ2v) is 5.80. The molecule has 1 aromatic carbocycles. The number of hydrogen-bond acceptors (Lipinski definition) is 3. The van der Waals surface area contributed by atoms with Gasteiger partial charge in [-0.2, -0.15) is 0 Å². The number of hydrogen-bond donors (Lipinski definition) is 1. The average molecular weight is 273 g/mol. The topological polar surface area (TPSA) is 49.6 Å². The Morgan fingerprint density at radius 3 is 2.95 bits per heavy atom. The molecule has 0 aromatic heterocycles. The SMILES string of the molecule is CC[C@H](N)c1ccccc1N1CCN2C(=O)CCC2C1. The Balaban J connectivity index is 1.82. The van der Waals surface area contributed by atoms with Crippen LogP contribution in [-0.4, -0.2) is 36.5 Å². The molecule has 4 nitrogen and oxygen atoms in total. The number of para-hydroxylation sites is 1. The molecule has 0 aliphatic carbocycles. The lowest BCUT2D eigenvalue weighted by Gasteiger charge is -2.40. The van der Waals surface area contributed by atoms with E-state index in [4.69, 9.17) is 5.73 Å². The van der Waals surface area contributed by atoms with Crippen molar-refractivity contribution in [3.63, 3.8) is 0 Å². The van der Waals surface area contributed by atoms with Crippen molar-refractivity contribution in [3.05, 3.63) is 29.8 Å². The van der Waals surface area contributed by atoms with Crippen LogP contribution in [0.25, 0.3) is 0 Å². The number of nitrogens with two attached hydrogens (primary N) is 1. The standard InChI is InChI=1S/C16H23N3O/c1-2-14(17)13-5-3-4-6-15(13)18-9-10-19-12(11-18)7-8-16(19)20/h3-6,12,14H,2,7-11,17H2,1H3/t12?,14-/m0/s1. The van der Waals surface area contributed by atoms with Gasteiger partial charge in [-0.15, -0.1) is 0 Å². The first kappa shape index (κ1) is 13.4. The molecule has 1 amide bonds. The average Bonchev–Trinajstić information content (AvgIpc) is 2.87. The van der Waals surface area contributed by atoms with Crippen LogP contribution < -0.4 is 10.6 Å². The fourth-order valence-corrected chi connectivity index (χ4v) is 3.39. The Labute approximate surface area is 120 Å². The molecule has 2 aliphatic heterocycles. The maximum absolute atomic E-state index is 11.8. The van der Waals surface area contributed by atoms with Crippen LogP contribution in [0.2, 0.25) is 0 Å². The van der Waals surface area contributed by atoms with Crippen LogP contribution in [0.3, 0.4) is 0 Å². The van der Waals surface area contributed by atoms with Gasteiger partial charge in [0.25, 0.3) is 0 Å². The lowest BCUT2D eigenvalue weighted by Crippen LogP contribution is -2.51. The van der Waals surface area contributed by atoms with Crippen molar-refractivity contribution in [1.82, 2.24) is 4.90 Å². The molecule has 2 atom stereocenters. The lowest BCUT2D eigenvalue weighted by atomic mass is 10.0. The molecule has 2 fully saturated rings. The van der Waals surface area contributed by atoms with Crippen LogP contribution in [0.15, 0.2) is 24.3 Å². The van der Waals surface area contributed by atoms with E-state index in [0.717, 1.165) is 32.5 Å². The molecule has 0 spiro atoms. The van der Waals surface area contributed by atoms with Crippen molar-refractivity contribution in [2.45, 2.75) is 38.3 Å². The zero-order valence-electron chi connectivity index (χ0n) is 12.1. The summed E-state index contributed by atoms with van der Waals surface area (Å²) >= 11 is 0. The third-order valence-corrected chi connectivity index (χ3v) is 4.61. The number of carbonyl (C=O) groups is 1. The minimum absolute atomic E-state index is 0.0921. The number of anilines is 1. The second kappa shape index (κ2) is 5.44. The van der Waals surface area contributed by atoms with E-state index in [9.17, 15) is 4.79 Å². The molecule has 0 radical (unpaired) electrons. The molecule has 0 bridgehead atoms. The molecule has 4 heteroatoms. The summed E-state index contributed by atoms with van der Waals surface area (Å²) in [6.07, 6.45) is 2.66. The molecule has 2 aliphatic rings. The van der Waals surface area contributed by atoms with E-state index in [1.54, 1.807) is 0 Å². The van der Waals surface area contributed by atoms with Gasteiger partial charge in [-0.3, -0.25) is 4.79 Å². The highest BCUT2D eigenvalue weighted by Crippen LogP contribution is 2.31. The van der Waals surface area contributed by atoms with E-state index in [1.165, 1.54) is 11.3 Å². The minimum atomic E-state index is 0.0921. The van der Waals surface area contributed by atoms with Gasteiger partial charge >= 0.3 is 0 Å². The van der Waals surface area contributed by atoms with Crippen LogP contribution in [0.4, 0.5) is 5.69 Å². The number of fused-ring (bicyclic) bond motifs is 1. The van der Waals surface area contributed by atoms with Gasteiger partial charge in [0.1, 0.15) is 0 Å². The summed E-state index contributed by atoms with van der Waals surface area (Å²) in [6.45, 7) is 4.82. The maximum Gasteiger partial charge on any atom is 0.223 e. The maximum atomic E-state index is 11.8. The van der Waals surface area contributed by atoms with E-state index in [2.05, 4.69) is 41.0 Å². The molecule has 0 saturated carbocycles. The molecular weight excluding hydrogens is 250 g/mol. The summed E-state index contributed by atoms with van der Waals surface area (Å²) in [6, 6.07) is 8.92. The van der Waals surface area contributed by atoms with Gasteiger partial charge in [0, 0.05) is 43.8 Å². The summed E-state index contributed by atoms with van der Waals surface area (Å²) in [5, 5.41) is 0. The van der Waals surface area contributed by atoms with E-state index in [-0.39, 0.29) is 6.04 Å². The Morgan fingerprint density at radius 1 is 1.35 bits per heavy atom. The van der Waals surface area contributed by atoms with Crippen molar-refractivity contribution < 1.29 is 4.79 Å². The van der Waals surface area contributed by atoms with Gasteiger partial charge in [-0.1, -0.05) is 25.1 Å². The van der Waals surface area contributed by atoms with Crippen LogP contribution in [-0.2, 0) is 4.79 Å². The monoisotopic (exact) mass is 273 g/mol. The Bertz CT molecular complexity index is 502. The summed E-state index contributed by atoms with van der Waals surface area (Å²) in [5.41, 5.74) is 8.72. The Hall–Kier alpha value is -1.55. The third-order valence-electron chi connectivity index (χ3n) is 4.61. The van der Waals surface area contributed by atoms with Gasteiger partial charge in [-0.05, 0) is 24.5 Å². The molecule has 20 heavy (non-hydrogen) atoms. The van der Waals surface area contributed by atoms with Crippen molar-refractivity contribution in [2.75, 3.05) is 24.5 Å². The van der Waals surface area contributed by atoms with Crippen LogP contribution in [0.5, 0.6) is 0 Å². The van der Waals surface area contributed by atoms with Gasteiger partial charge in [0.05, 0.1) is 0 Å². The Morgan fingerprint density at radius 2 is 2.15 bits per heavy atom.